The molecule has 3 aromatic rings. The van der Waals surface area contributed by atoms with Gasteiger partial charge in [0.25, 0.3) is 11.5 Å². The highest BCUT2D eigenvalue weighted by Gasteiger charge is 2.68. The van der Waals surface area contributed by atoms with Gasteiger partial charge >= 0.3 is 6.03 Å². The van der Waals surface area contributed by atoms with Gasteiger partial charge in [-0.25, -0.2) is 4.79 Å². The number of rotatable bonds is 5. The Morgan fingerprint density at radius 1 is 1.11 bits per heavy atom. The molecule has 4 rings (SSSR count). The lowest BCUT2D eigenvalue weighted by molar-refractivity contribution is -0.127. The monoisotopic (exact) mass is 471 g/mol. The van der Waals surface area contributed by atoms with Crippen LogP contribution in [0.15, 0.2) is 71.7 Å². The number of nitrogens with two attached hydrogens (primary N) is 2. The normalized spacial score (nSPS) is 23.5. The van der Waals surface area contributed by atoms with Gasteiger partial charge in [-0.1, -0.05) is 24.1 Å². The smallest absolute Gasteiger partial charge is 0.375 e. The number of ether oxygens (including phenoxy) is 1. The van der Waals surface area contributed by atoms with Gasteiger partial charge in [0.05, 0.1) is 0 Å². The molecule has 35 heavy (non-hydrogen) atoms. The molecule has 2 aromatic carbocycles. The van der Waals surface area contributed by atoms with Crippen LogP contribution in [-0.4, -0.2) is 36.3 Å². The Hall–Kier alpha value is -4.19. The Morgan fingerprint density at radius 3 is 2.31 bits per heavy atom. The fourth-order valence-corrected chi connectivity index (χ4v) is 5.18. The Bertz CT molecular complexity index is 1390. The highest BCUT2D eigenvalue weighted by molar-refractivity contribution is 5.99. The SMILES string of the molecule is C#Cc1ccc([N+]2(C(N)=O)C[C@H](OC)C[C@]2(C(N)=O)c2ccc(-n3cccc(C)c3=O)cc2)cc1. The van der Waals surface area contributed by atoms with Crippen molar-refractivity contribution in [2.75, 3.05) is 13.7 Å². The number of pyridine rings is 1. The number of benzene rings is 2. The zero-order valence-electron chi connectivity index (χ0n) is 19.6. The molecule has 0 spiro atoms. The predicted octanol–water partition coefficient (Wildman–Crippen LogP) is 2.31. The molecule has 4 N–H and O–H groups in total. The first-order chi connectivity index (χ1) is 16.7. The third-order valence-electron chi connectivity index (χ3n) is 7.00. The zero-order chi connectivity index (χ0) is 25.4. The minimum Gasteiger partial charge on any atom is -0.375 e. The number of aromatic nitrogens is 1. The highest BCUT2D eigenvalue weighted by Crippen LogP contribution is 2.49. The van der Waals surface area contributed by atoms with Crippen LogP contribution in [-0.2, 0) is 15.1 Å². The molecule has 1 aromatic heterocycles. The summed E-state index contributed by atoms with van der Waals surface area (Å²) in [7, 11) is 1.52. The number of carbonyl (C=O) groups excluding carboxylic acids is 2. The molecule has 2 heterocycles. The maximum absolute atomic E-state index is 13.3. The van der Waals surface area contributed by atoms with E-state index < -0.39 is 28.1 Å². The van der Waals surface area contributed by atoms with Crippen LogP contribution in [0, 0.1) is 19.3 Å². The molecule has 1 saturated heterocycles. The van der Waals surface area contributed by atoms with E-state index in [9.17, 15) is 14.4 Å². The van der Waals surface area contributed by atoms with Crippen molar-refractivity contribution >= 4 is 17.6 Å². The summed E-state index contributed by atoms with van der Waals surface area (Å²) in [6, 6.07) is 16.4. The summed E-state index contributed by atoms with van der Waals surface area (Å²) < 4.78 is 6.59. The lowest BCUT2D eigenvalue weighted by Gasteiger charge is -2.42. The van der Waals surface area contributed by atoms with Gasteiger partial charge in [-0.05, 0) is 37.3 Å². The maximum Gasteiger partial charge on any atom is 0.420 e. The number of carbonyl (C=O) groups is 2. The number of hydrogen-bond acceptors (Lipinski definition) is 4. The van der Waals surface area contributed by atoms with E-state index in [-0.39, 0.29) is 18.5 Å². The topological polar surface area (TPSA) is 117 Å². The fraction of sp³-hybridized carbons (Fsp3) is 0.222. The van der Waals surface area contributed by atoms with Crippen LogP contribution in [0.3, 0.4) is 0 Å². The number of nitrogens with zero attached hydrogens (tertiary/aromatic N) is 2. The molecule has 1 aliphatic heterocycles. The molecule has 0 saturated carbocycles. The van der Waals surface area contributed by atoms with Crippen molar-refractivity contribution in [3.05, 3.63) is 93.9 Å². The Balaban J connectivity index is 1.95. The van der Waals surface area contributed by atoms with E-state index in [0.29, 0.717) is 28.1 Å². The number of aryl methyl sites for hydroxylation is 1. The molecule has 3 amide bonds. The molecule has 0 bridgehead atoms. The van der Waals surface area contributed by atoms with Crippen LogP contribution < -0.4 is 21.5 Å². The number of methoxy groups -OCH3 is 1. The number of primary amides is 2. The molecule has 178 valence electrons. The van der Waals surface area contributed by atoms with Crippen molar-refractivity contribution in [2.45, 2.75) is 25.0 Å². The summed E-state index contributed by atoms with van der Waals surface area (Å²) in [5.41, 5.74) is 13.2. The van der Waals surface area contributed by atoms with Gasteiger partial charge in [-0.3, -0.25) is 14.2 Å². The highest BCUT2D eigenvalue weighted by atomic mass is 16.5. The van der Waals surface area contributed by atoms with Gasteiger partial charge in [0, 0.05) is 54.2 Å². The Morgan fingerprint density at radius 2 is 1.77 bits per heavy atom. The largest absolute Gasteiger partial charge is 0.420 e. The minimum absolute atomic E-state index is 0.114. The maximum atomic E-state index is 13.3. The van der Waals surface area contributed by atoms with Gasteiger partial charge in [0.2, 0.25) is 5.54 Å². The van der Waals surface area contributed by atoms with Crippen LogP contribution in [0.4, 0.5) is 10.5 Å². The first-order valence-corrected chi connectivity index (χ1v) is 11.1. The first kappa shape index (κ1) is 24.0. The quantitative estimate of drug-likeness (QED) is 0.439. The number of likely N-dealkylation sites (tertiary alicyclic amines) is 1. The number of quaternary nitrogens is 1. The van der Waals surface area contributed by atoms with Gasteiger partial charge in [-0.2, -0.15) is 4.48 Å². The van der Waals surface area contributed by atoms with Crippen molar-refractivity contribution in [1.29, 1.82) is 0 Å². The summed E-state index contributed by atoms with van der Waals surface area (Å²) in [5, 5.41) is 0. The van der Waals surface area contributed by atoms with E-state index in [4.69, 9.17) is 22.6 Å². The van der Waals surface area contributed by atoms with Crippen molar-refractivity contribution in [1.82, 2.24) is 9.05 Å². The lowest BCUT2D eigenvalue weighted by atomic mass is 9.83. The summed E-state index contributed by atoms with van der Waals surface area (Å²) in [6.07, 6.45) is 6.84. The average molecular weight is 472 g/mol. The second-order valence-corrected chi connectivity index (χ2v) is 8.72. The molecular weight excluding hydrogens is 444 g/mol. The first-order valence-electron chi connectivity index (χ1n) is 11.1. The van der Waals surface area contributed by atoms with E-state index in [2.05, 4.69) is 5.92 Å². The molecule has 0 radical (unpaired) electrons. The summed E-state index contributed by atoms with van der Waals surface area (Å²) >= 11 is 0. The van der Waals surface area contributed by atoms with Crippen LogP contribution >= 0.6 is 0 Å². The van der Waals surface area contributed by atoms with E-state index >= 15 is 0 Å². The number of terminal acetylenes is 1. The second kappa shape index (κ2) is 8.87. The van der Waals surface area contributed by atoms with E-state index in [0.717, 1.165) is 0 Å². The predicted molar refractivity (Wildman–Crippen MR) is 134 cm³/mol. The van der Waals surface area contributed by atoms with Crippen molar-refractivity contribution < 1.29 is 14.3 Å². The van der Waals surface area contributed by atoms with Crippen LogP contribution in [0.5, 0.6) is 0 Å². The third-order valence-corrected chi connectivity index (χ3v) is 7.00. The van der Waals surface area contributed by atoms with Crippen molar-refractivity contribution in [2.24, 2.45) is 11.5 Å². The van der Waals surface area contributed by atoms with E-state index in [1.165, 1.54) is 11.7 Å². The number of hydrogen-bond donors (Lipinski definition) is 2. The molecular formula is C27H27N4O4+. The third kappa shape index (κ3) is 3.53. The average Bonchev–Trinajstić information content (AvgIpc) is 3.24. The molecule has 3 atom stereocenters. The van der Waals surface area contributed by atoms with Crippen LogP contribution in [0.2, 0.25) is 0 Å². The van der Waals surface area contributed by atoms with E-state index in [1.807, 2.05) is 0 Å². The van der Waals surface area contributed by atoms with Gasteiger partial charge in [0.1, 0.15) is 18.3 Å². The molecule has 8 nitrogen and oxygen atoms in total. The second-order valence-electron chi connectivity index (χ2n) is 8.72. The van der Waals surface area contributed by atoms with E-state index in [1.54, 1.807) is 73.8 Å². The van der Waals surface area contributed by atoms with Gasteiger partial charge < -0.3 is 16.2 Å². The van der Waals surface area contributed by atoms with Crippen LogP contribution in [0.25, 0.3) is 5.69 Å². The van der Waals surface area contributed by atoms with Crippen molar-refractivity contribution in [3.63, 3.8) is 0 Å². The molecule has 1 unspecified atom stereocenters. The fourth-order valence-electron chi connectivity index (χ4n) is 5.18. The molecule has 0 aliphatic carbocycles. The number of urea groups is 1. The summed E-state index contributed by atoms with van der Waals surface area (Å²) in [4.78, 5) is 39.1. The minimum atomic E-state index is -1.54. The van der Waals surface area contributed by atoms with Gasteiger partial charge in [0.15, 0.2) is 0 Å². The Kier molecular flexibility index (Phi) is 6.07. The summed E-state index contributed by atoms with van der Waals surface area (Å²) in [6.45, 7) is 1.85. The molecule has 1 aliphatic rings. The summed E-state index contributed by atoms with van der Waals surface area (Å²) in [5.74, 6) is 1.83. The van der Waals surface area contributed by atoms with Crippen molar-refractivity contribution in [3.8, 4) is 18.0 Å². The number of amides is 3. The Labute approximate surface area is 203 Å². The zero-order valence-corrected chi connectivity index (χ0v) is 19.6. The van der Waals surface area contributed by atoms with Crippen LogP contribution in [0.1, 0.15) is 23.1 Å². The van der Waals surface area contributed by atoms with Gasteiger partial charge in [-0.15, -0.1) is 6.42 Å². The lowest BCUT2D eigenvalue weighted by Crippen LogP contribution is -2.70. The molecule has 8 heteroatoms. The molecule has 1 fully saturated rings. The standard InChI is InChI=1S/C27H26N4O4/c1-4-19-7-13-22(14-8-19)31(26(29)34)17-23(35-3)16-27(31,25(28)33)20-9-11-21(12-10-20)30-15-5-6-18(2)24(30)32/h1,5-15,23H,16-17H2,2-3H3,(H3-,28,29,33,34)/p+1/t23-,27-,31?/m1/s1.